The zero-order valence-corrected chi connectivity index (χ0v) is 22.3. The van der Waals surface area contributed by atoms with Gasteiger partial charge in [-0.05, 0) is 61.8 Å². The number of allylic oxidation sites excluding steroid dienone is 6. The van der Waals surface area contributed by atoms with E-state index in [1.807, 2.05) is 20.8 Å². The standard InChI is InChI=1S/C30H38N2O5/c1-9-25-26(29(36)32(19-35)24(8)17-20(2)3)11-10-12-27(28(25)21(4)5)30(37)31(18-34)23(7)14-13-22(6)15-16-33/h9,11-14,18-20,24,33H,1,4,6-7,10,15-17H2,2-3,5,8H3/b14-13-. The van der Waals surface area contributed by atoms with Gasteiger partial charge in [-0.2, -0.15) is 0 Å². The summed E-state index contributed by atoms with van der Waals surface area (Å²) in [6, 6.07) is -0.330. The molecule has 1 unspecified atom stereocenters. The number of carbonyl (C=O) groups is 4. The molecule has 0 aromatic carbocycles. The summed E-state index contributed by atoms with van der Waals surface area (Å²) in [5.74, 6) is -0.880. The van der Waals surface area contributed by atoms with Gasteiger partial charge in [-0.3, -0.25) is 24.1 Å². The van der Waals surface area contributed by atoms with E-state index in [2.05, 4.69) is 26.3 Å². The van der Waals surface area contributed by atoms with Gasteiger partial charge in [0.1, 0.15) is 0 Å². The molecule has 4 amide bonds. The zero-order chi connectivity index (χ0) is 28.3. The minimum atomic E-state index is -0.655. The summed E-state index contributed by atoms with van der Waals surface area (Å²) in [4.78, 5) is 52.9. The maximum atomic E-state index is 13.6. The fourth-order valence-corrected chi connectivity index (χ4v) is 4.04. The summed E-state index contributed by atoms with van der Waals surface area (Å²) < 4.78 is 0. The Kier molecular flexibility index (Phi) is 12.4. The molecule has 1 atom stereocenters. The van der Waals surface area contributed by atoms with Crippen LogP contribution in [0.2, 0.25) is 0 Å². The molecule has 0 aromatic rings. The SMILES string of the molecule is C=CC1=C(C(=C)C)C(C(=O)N(C=O)C(=C)/C=C\C(=C)CCO)=CCC=C1C(=O)N(C=O)C(C)CC(C)C. The topological polar surface area (TPSA) is 95.0 Å². The van der Waals surface area contributed by atoms with Crippen molar-refractivity contribution in [2.45, 2.75) is 53.0 Å². The van der Waals surface area contributed by atoms with Gasteiger partial charge in [0.25, 0.3) is 11.8 Å². The fourth-order valence-electron chi connectivity index (χ4n) is 4.04. The molecule has 7 heteroatoms. The molecule has 0 saturated heterocycles. The van der Waals surface area contributed by atoms with Gasteiger partial charge in [-0.25, -0.2) is 4.90 Å². The molecule has 0 spiro atoms. The third-order valence-electron chi connectivity index (χ3n) is 5.78. The van der Waals surface area contributed by atoms with Crippen molar-refractivity contribution >= 4 is 24.6 Å². The van der Waals surface area contributed by atoms with E-state index in [4.69, 9.17) is 5.11 Å². The van der Waals surface area contributed by atoms with Gasteiger partial charge in [0.05, 0.1) is 0 Å². The molecule has 1 aliphatic carbocycles. The molecule has 0 saturated carbocycles. The Hall–Kier alpha value is -3.84. The average molecular weight is 507 g/mol. The highest BCUT2D eigenvalue weighted by Crippen LogP contribution is 2.33. The number of aliphatic hydroxyl groups is 1. The fraction of sp³-hybridized carbons (Fsp3) is 0.333. The predicted octanol–water partition coefficient (Wildman–Crippen LogP) is 4.71. The number of hydrogen-bond donors (Lipinski definition) is 1. The van der Waals surface area contributed by atoms with Crippen molar-refractivity contribution < 1.29 is 24.3 Å². The van der Waals surface area contributed by atoms with Crippen LogP contribution < -0.4 is 0 Å². The van der Waals surface area contributed by atoms with Crippen molar-refractivity contribution in [3.8, 4) is 0 Å². The van der Waals surface area contributed by atoms with E-state index in [-0.39, 0.29) is 41.8 Å². The predicted molar refractivity (Wildman–Crippen MR) is 147 cm³/mol. The van der Waals surface area contributed by atoms with Crippen molar-refractivity contribution in [3.63, 3.8) is 0 Å². The first-order valence-corrected chi connectivity index (χ1v) is 12.1. The number of aliphatic hydroxyl groups excluding tert-OH is 1. The van der Waals surface area contributed by atoms with Crippen LogP contribution in [-0.2, 0) is 19.2 Å². The number of amides is 4. The minimum Gasteiger partial charge on any atom is -0.396 e. The summed E-state index contributed by atoms with van der Waals surface area (Å²) in [6.45, 7) is 22.9. The molecule has 0 radical (unpaired) electrons. The molecule has 0 aliphatic heterocycles. The van der Waals surface area contributed by atoms with Crippen molar-refractivity contribution in [2.24, 2.45) is 5.92 Å². The lowest BCUT2D eigenvalue weighted by Gasteiger charge is -2.27. The second kappa shape index (κ2) is 14.7. The van der Waals surface area contributed by atoms with Gasteiger partial charge in [0.15, 0.2) is 0 Å². The lowest BCUT2D eigenvalue weighted by Crippen LogP contribution is -2.39. The Balaban J connectivity index is 3.52. The van der Waals surface area contributed by atoms with Crippen LogP contribution in [0.1, 0.15) is 47.0 Å². The summed E-state index contributed by atoms with van der Waals surface area (Å²) in [7, 11) is 0. The van der Waals surface area contributed by atoms with Crippen molar-refractivity contribution in [3.05, 3.63) is 95.8 Å². The number of nitrogens with zero attached hydrogens (tertiary/aromatic N) is 2. The Morgan fingerprint density at radius 2 is 1.65 bits per heavy atom. The Bertz CT molecular complexity index is 1100. The van der Waals surface area contributed by atoms with Gasteiger partial charge in [-0.1, -0.05) is 70.0 Å². The van der Waals surface area contributed by atoms with Crippen molar-refractivity contribution in [1.82, 2.24) is 9.80 Å². The Labute approximate surface area is 220 Å². The number of rotatable bonds is 14. The van der Waals surface area contributed by atoms with Gasteiger partial charge in [0, 0.05) is 29.5 Å². The average Bonchev–Trinajstić information content (AvgIpc) is 3.03. The van der Waals surface area contributed by atoms with Crippen LogP contribution in [-0.4, -0.2) is 52.2 Å². The van der Waals surface area contributed by atoms with Crippen LogP contribution in [0.3, 0.4) is 0 Å². The lowest BCUT2D eigenvalue weighted by molar-refractivity contribution is -0.138. The van der Waals surface area contributed by atoms with E-state index in [0.717, 1.165) is 9.80 Å². The molecule has 1 N–H and O–H groups in total. The highest BCUT2D eigenvalue weighted by atomic mass is 16.3. The van der Waals surface area contributed by atoms with Crippen LogP contribution >= 0.6 is 0 Å². The second-order valence-corrected chi connectivity index (χ2v) is 9.28. The molecular formula is C30H38N2O5. The number of hydrogen-bond acceptors (Lipinski definition) is 5. The molecule has 7 nitrogen and oxygen atoms in total. The Morgan fingerprint density at radius 1 is 1.03 bits per heavy atom. The summed E-state index contributed by atoms with van der Waals surface area (Å²) in [5, 5.41) is 9.03. The van der Waals surface area contributed by atoms with E-state index in [9.17, 15) is 19.2 Å². The van der Waals surface area contributed by atoms with Crippen LogP contribution in [0, 0.1) is 5.92 Å². The monoisotopic (exact) mass is 506 g/mol. The summed E-state index contributed by atoms with van der Waals surface area (Å²) in [5.41, 5.74) is 2.27. The van der Waals surface area contributed by atoms with E-state index in [1.165, 1.54) is 12.2 Å². The van der Waals surface area contributed by atoms with Crippen LogP contribution in [0.4, 0.5) is 0 Å². The highest BCUT2D eigenvalue weighted by molar-refractivity contribution is 6.09. The van der Waals surface area contributed by atoms with E-state index >= 15 is 0 Å². The molecule has 0 aromatic heterocycles. The third kappa shape index (κ3) is 8.08. The lowest BCUT2D eigenvalue weighted by atomic mass is 9.90. The number of carbonyl (C=O) groups excluding carboxylic acids is 4. The molecule has 0 heterocycles. The van der Waals surface area contributed by atoms with Crippen molar-refractivity contribution in [2.75, 3.05) is 6.61 Å². The van der Waals surface area contributed by atoms with Crippen molar-refractivity contribution in [1.29, 1.82) is 0 Å². The first-order chi connectivity index (χ1) is 17.4. The normalized spacial score (nSPS) is 14.3. The largest absolute Gasteiger partial charge is 0.396 e. The first kappa shape index (κ1) is 31.2. The van der Waals surface area contributed by atoms with Crippen LogP contribution in [0.25, 0.3) is 0 Å². The summed E-state index contributed by atoms with van der Waals surface area (Å²) >= 11 is 0. The molecule has 0 fully saturated rings. The van der Waals surface area contributed by atoms with E-state index in [0.29, 0.717) is 48.0 Å². The minimum absolute atomic E-state index is 0.0816. The third-order valence-corrected chi connectivity index (χ3v) is 5.78. The van der Waals surface area contributed by atoms with Gasteiger partial charge < -0.3 is 5.11 Å². The molecule has 0 bridgehead atoms. The molecular weight excluding hydrogens is 468 g/mol. The van der Waals surface area contributed by atoms with Gasteiger partial charge >= 0.3 is 0 Å². The zero-order valence-electron chi connectivity index (χ0n) is 22.3. The van der Waals surface area contributed by atoms with Crippen LogP contribution in [0.5, 0.6) is 0 Å². The quantitative estimate of drug-likeness (QED) is 0.272. The maximum absolute atomic E-state index is 13.6. The summed E-state index contributed by atoms with van der Waals surface area (Å²) in [6.07, 6.45) is 9.79. The Morgan fingerprint density at radius 3 is 2.14 bits per heavy atom. The first-order valence-electron chi connectivity index (χ1n) is 12.1. The van der Waals surface area contributed by atoms with E-state index in [1.54, 1.807) is 25.2 Å². The van der Waals surface area contributed by atoms with Gasteiger partial charge in [-0.15, -0.1) is 0 Å². The molecule has 37 heavy (non-hydrogen) atoms. The van der Waals surface area contributed by atoms with Gasteiger partial charge in [0.2, 0.25) is 12.8 Å². The molecule has 1 rings (SSSR count). The second-order valence-electron chi connectivity index (χ2n) is 9.28. The molecule has 1 aliphatic rings. The van der Waals surface area contributed by atoms with Crippen LogP contribution in [0.15, 0.2) is 95.8 Å². The smallest absolute Gasteiger partial charge is 0.265 e. The maximum Gasteiger partial charge on any atom is 0.265 e. The molecule has 198 valence electrons. The van der Waals surface area contributed by atoms with E-state index < -0.39 is 11.8 Å². The number of imide groups is 2. The highest BCUT2D eigenvalue weighted by Gasteiger charge is 2.31.